The first-order chi connectivity index (χ1) is 9.09. The second kappa shape index (κ2) is 5.51. The molecule has 0 bridgehead atoms. The van der Waals surface area contributed by atoms with E-state index in [4.69, 9.17) is 9.84 Å². The molecule has 19 heavy (non-hydrogen) atoms. The highest BCUT2D eigenvalue weighted by Gasteiger charge is 2.16. The largest absolute Gasteiger partial charge is 0.491 e. The number of aryl methyl sites for hydroxylation is 1. The van der Waals surface area contributed by atoms with Gasteiger partial charge in [-0.2, -0.15) is 0 Å². The van der Waals surface area contributed by atoms with E-state index in [9.17, 15) is 9.18 Å². The quantitative estimate of drug-likeness (QED) is 0.898. The second-order valence-electron chi connectivity index (χ2n) is 3.93. The number of carbonyl (C=O) groups is 1. The molecular weight excluding hydrogens is 251 g/mol. The van der Waals surface area contributed by atoms with Gasteiger partial charge in [0, 0.05) is 12.4 Å². The zero-order valence-electron chi connectivity index (χ0n) is 10.3. The van der Waals surface area contributed by atoms with Crippen molar-refractivity contribution in [3.63, 3.8) is 0 Å². The number of benzene rings is 1. The predicted octanol–water partition coefficient (Wildman–Crippen LogP) is 2.11. The molecule has 0 fully saturated rings. The number of rotatable bonds is 5. The summed E-state index contributed by atoms with van der Waals surface area (Å²) < 4.78 is 20.6. The maximum atomic E-state index is 13.4. The maximum Gasteiger partial charge on any atom is 0.342 e. The molecule has 2 aromatic rings. The predicted molar refractivity (Wildman–Crippen MR) is 65.8 cm³/mol. The highest BCUT2D eigenvalue weighted by Crippen LogP contribution is 2.21. The first-order valence-electron chi connectivity index (χ1n) is 5.72. The van der Waals surface area contributed by atoms with E-state index in [1.54, 1.807) is 12.4 Å². The Hall–Kier alpha value is -2.37. The van der Waals surface area contributed by atoms with Crippen molar-refractivity contribution in [2.45, 2.75) is 13.5 Å². The summed E-state index contributed by atoms with van der Waals surface area (Å²) in [5.74, 6) is -1.28. The van der Waals surface area contributed by atoms with Gasteiger partial charge in [0.1, 0.15) is 29.6 Å². The van der Waals surface area contributed by atoms with Crippen LogP contribution in [0.1, 0.15) is 16.2 Å². The Morgan fingerprint density at radius 2 is 2.32 bits per heavy atom. The van der Waals surface area contributed by atoms with Gasteiger partial charge in [-0.15, -0.1) is 0 Å². The van der Waals surface area contributed by atoms with Gasteiger partial charge in [-0.3, -0.25) is 0 Å². The van der Waals surface area contributed by atoms with Crippen molar-refractivity contribution in [2.75, 3.05) is 6.61 Å². The lowest BCUT2D eigenvalue weighted by Crippen LogP contribution is -2.11. The summed E-state index contributed by atoms with van der Waals surface area (Å²) in [5, 5.41) is 8.94. The summed E-state index contributed by atoms with van der Waals surface area (Å²) in [4.78, 5) is 15.0. The number of carboxylic acids is 1. The molecular formula is C13H13FN2O3. The van der Waals surface area contributed by atoms with Gasteiger partial charge in [0.05, 0.1) is 6.54 Å². The fourth-order valence-electron chi connectivity index (χ4n) is 1.73. The first kappa shape index (κ1) is 13.1. The molecule has 1 heterocycles. The van der Waals surface area contributed by atoms with Gasteiger partial charge < -0.3 is 14.4 Å². The normalized spacial score (nSPS) is 10.4. The van der Waals surface area contributed by atoms with Crippen LogP contribution >= 0.6 is 0 Å². The molecule has 0 saturated heterocycles. The van der Waals surface area contributed by atoms with E-state index in [-0.39, 0.29) is 12.4 Å². The molecule has 0 unspecified atom stereocenters. The van der Waals surface area contributed by atoms with Gasteiger partial charge >= 0.3 is 5.97 Å². The van der Waals surface area contributed by atoms with Gasteiger partial charge in [0.25, 0.3) is 0 Å². The molecule has 0 aliphatic rings. The molecule has 1 aromatic heterocycles. The number of aromatic carboxylic acids is 1. The zero-order chi connectivity index (χ0) is 13.8. The van der Waals surface area contributed by atoms with Crippen molar-refractivity contribution in [1.82, 2.24) is 9.55 Å². The summed E-state index contributed by atoms with van der Waals surface area (Å²) in [6.07, 6.45) is 3.46. The Kier molecular flexibility index (Phi) is 3.79. The van der Waals surface area contributed by atoms with Crippen LogP contribution in [0.25, 0.3) is 0 Å². The molecule has 0 saturated carbocycles. The van der Waals surface area contributed by atoms with E-state index in [1.807, 2.05) is 11.5 Å². The molecule has 0 radical (unpaired) electrons. The molecule has 6 heteroatoms. The third-order valence-electron chi connectivity index (χ3n) is 2.70. The van der Waals surface area contributed by atoms with E-state index in [2.05, 4.69) is 4.98 Å². The lowest BCUT2D eigenvalue weighted by Gasteiger charge is -2.10. The maximum absolute atomic E-state index is 13.4. The molecule has 0 aliphatic heterocycles. The minimum atomic E-state index is -1.34. The number of hydrogen-bond acceptors (Lipinski definition) is 3. The number of nitrogens with zero attached hydrogens (tertiary/aromatic N) is 2. The third-order valence-corrected chi connectivity index (χ3v) is 2.70. The van der Waals surface area contributed by atoms with Crippen LogP contribution in [0.5, 0.6) is 5.75 Å². The number of ether oxygens (including phenoxy) is 1. The van der Waals surface area contributed by atoms with Gasteiger partial charge in [-0.25, -0.2) is 14.2 Å². The smallest absolute Gasteiger partial charge is 0.342 e. The first-order valence-corrected chi connectivity index (χ1v) is 5.72. The van der Waals surface area contributed by atoms with E-state index in [0.29, 0.717) is 6.54 Å². The lowest BCUT2D eigenvalue weighted by atomic mass is 10.2. The SMILES string of the molecule is Cc1nccn1CCOc1cccc(F)c1C(=O)O. The van der Waals surface area contributed by atoms with Crippen molar-refractivity contribution in [3.05, 3.63) is 47.8 Å². The van der Waals surface area contributed by atoms with Crippen LogP contribution in [-0.2, 0) is 6.54 Å². The fraction of sp³-hybridized carbons (Fsp3) is 0.231. The number of aromatic nitrogens is 2. The Balaban J connectivity index is 2.06. The molecule has 5 nitrogen and oxygen atoms in total. The Morgan fingerprint density at radius 3 is 2.95 bits per heavy atom. The number of carboxylic acid groups (broad SMARTS) is 1. The van der Waals surface area contributed by atoms with Crippen LogP contribution in [0.2, 0.25) is 0 Å². The highest BCUT2D eigenvalue weighted by atomic mass is 19.1. The van der Waals surface area contributed by atoms with Crippen molar-refractivity contribution in [2.24, 2.45) is 0 Å². The fourth-order valence-corrected chi connectivity index (χ4v) is 1.73. The number of imidazole rings is 1. The van der Waals surface area contributed by atoms with E-state index in [0.717, 1.165) is 11.9 Å². The lowest BCUT2D eigenvalue weighted by molar-refractivity contribution is 0.0686. The average Bonchev–Trinajstić information content (AvgIpc) is 2.75. The van der Waals surface area contributed by atoms with Crippen LogP contribution in [-0.4, -0.2) is 27.2 Å². The molecule has 1 N–H and O–H groups in total. The number of halogens is 1. The summed E-state index contributed by atoms with van der Waals surface area (Å²) in [6, 6.07) is 3.95. The molecule has 0 spiro atoms. The summed E-state index contributed by atoms with van der Waals surface area (Å²) in [6.45, 7) is 2.60. The van der Waals surface area contributed by atoms with Gasteiger partial charge in [0.2, 0.25) is 0 Å². The molecule has 2 rings (SSSR count). The van der Waals surface area contributed by atoms with Crippen LogP contribution in [0.15, 0.2) is 30.6 Å². The Bertz CT molecular complexity index is 595. The van der Waals surface area contributed by atoms with Crippen molar-refractivity contribution < 1.29 is 19.0 Å². The topological polar surface area (TPSA) is 64.4 Å². The molecule has 1 aromatic carbocycles. The van der Waals surface area contributed by atoms with Gasteiger partial charge in [0.15, 0.2) is 0 Å². The van der Waals surface area contributed by atoms with Crippen molar-refractivity contribution >= 4 is 5.97 Å². The van der Waals surface area contributed by atoms with E-state index in [1.165, 1.54) is 12.1 Å². The summed E-state index contributed by atoms with van der Waals surface area (Å²) >= 11 is 0. The van der Waals surface area contributed by atoms with Crippen molar-refractivity contribution in [1.29, 1.82) is 0 Å². The number of hydrogen-bond donors (Lipinski definition) is 1. The molecule has 0 amide bonds. The summed E-state index contributed by atoms with van der Waals surface area (Å²) in [7, 11) is 0. The van der Waals surface area contributed by atoms with Gasteiger partial charge in [-0.1, -0.05) is 6.07 Å². The van der Waals surface area contributed by atoms with Crippen LogP contribution in [0.4, 0.5) is 4.39 Å². The van der Waals surface area contributed by atoms with E-state index < -0.39 is 17.3 Å². The van der Waals surface area contributed by atoms with Crippen LogP contribution in [0.3, 0.4) is 0 Å². The Labute approximate surface area is 109 Å². The van der Waals surface area contributed by atoms with Crippen LogP contribution in [0, 0.1) is 12.7 Å². The average molecular weight is 264 g/mol. The minimum Gasteiger partial charge on any atom is -0.491 e. The molecule has 100 valence electrons. The Morgan fingerprint density at radius 1 is 1.53 bits per heavy atom. The summed E-state index contributed by atoms with van der Waals surface area (Å²) in [5.41, 5.74) is -0.440. The zero-order valence-corrected chi connectivity index (χ0v) is 10.3. The molecule has 0 aliphatic carbocycles. The standard InChI is InChI=1S/C13H13FN2O3/c1-9-15-5-6-16(9)7-8-19-11-4-2-3-10(14)12(11)13(17)18/h2-6H,7-8H2,1H3,(H,17,18). The van der Waals surface area contributed by atoms with Crippen LogP contribution < -0.4 is 4.74 Å². The minimum absolute atomic E-state index is 0.0327. The highest BCUT2D eigenvalue weighted by molar-refractivity contribution is 5.91. The monoisotopic (exact) mass is 264 g/mol. The van der Waals surface area contributed by atoms with Gasteiger partial charge in [-0.05, 0) is 19.1 Å². The second-order valence-corrected chi connectivity index (χ2v) is 3.93. The third kappa shape index (κ3) is 2.90. The molecule has 0 atom stereocenters. The van der Waals surface area contributed by atoms with Crippen molar-refractivity contribution in [3.8, 4) is 5.75 Å². The van der Waals surface area contributed by atoms with E-state index >= 15 is 0 Å².